The van der Waals surface area contributed by atoms with Gasteiger partial charge in [-0.2, -0.15) is 0 Å². The molecule has 0 aromatic heterocycles. The number of hydrogen-bond donors (Lipinski definition) is 1. The largest absolute Gasteiger partial charge is 0.367 e. The van der Waals surface area contributed by atoms with Gasteiger partial charge >= 0.3 is 0 Å². The van der Waals surface area contributed by atoms with Gasteiger partial charge in [-0.25, -0.2) is 0 Å². The Balaban J connectivity index is 1.50. The van der Waals surface area contributed by atoms with E-state index in [-0.39, 0.29) is 47.6 Å². The normalized spacial score (nSPS) is 30.5. The molecule has 37 heavy (non-hydrogen) atoms. The first-order valence-corrected chi connectivity index (χ1v) is 14.2. The van der Waals surface area contributed by atoms with E-state index in [9.17, 15) is 14.4 Å². The van der Waals surface area contributed by atoms with Crippen LogP contribution in [0.5, 0.6) is 0 Å². The molecule has 0 saturated carbocycles. The zero-order valence-electron chi connectivity index (χ0n) is 23.0. The molecule has 3 aliphatic heterocycles. The van der Waals surface area contributed by atoms with Gasteiger partial charge in [-0.15, -0.1) is 0 Å². The summed E-state index contributed by atoms with van der Waals surface area (Å²) in [6, 6.07) is 9.88. The third-order valence-electron chi connectivity index (χ3n) is 8.71. The summed E-state index contributed by atoms with van der Waals surface area (Å²) in [7, 11) is 1.59. The summed E-state index contributed by atoms with van der Waals surface area (Å²) >= 11 is 0. The summed E-state index contributed by atoms with van der Waals surface area (Å²) in [6.07, 6.45) is 4.83. The van der Waals surface area contributed by atoms with Gasteiger partial charge in [0, 0.05) is 51.7 Å². The van der Waals surface area contributed by atoms with Crippen LogP contribution >= 0.6 is 0 Å². The quantitative estimate of drug-likeness (QED) is 0.658. The summed E-state index contributed by atoms with van der Waals surface area (Å²) in [5, 5.41) is 3.25. The lowest BCUT2D eigenvalue weighted by Gasteiger charge is -2.51. The molecule has 6 atom stereocenters. The average molecular weight is 512 g/mol. The maximum Gasteiger partial charge on any atom is 0.256 e. The van der Waals surface area contributed by atoms with E-state index in [1.54, 1.807) is 7.11 Å². The molecule has 7 heteroatoms. The topological polar surface area (TPSA) is 79.0 Å². The van der Waals surface area contributed by atoms with Crippen molar-refractivity contribution in [1.29, 1.82) is 0 Å². The van der Waals surface area contributed by atoms with Crippen LogP contribution in [0.1, 0.15) is 77.4 Å². The average Bonchev–Trinajstić information content (AvgIpc) is 2.88. The first-order chi connectivity index (χ1) is 17.8. The highest BCUT2D eigenvalue weighted by Gasteiger charge is 2.44. The minimum atomic E-state index is -0.615. The number of piperidine rings is 2. The Morgan fingerprint density at radius 1 is 1.05 bits per heavy atom. The molecule has 3 aliphatic rings. The van der Waals surface area contributed by atoms with E-state index >= 15 is 0 Å². The number of carbonyl (C=O) groups excluding carboxylic acids is 3. The number of ether oxygens (including phenoxy) is 1. The highest BCUT2D eigenvalue weighted by Crippen LogP contribution is 2.37. The molecule has 0 unspecified atom stereocenters. The molecule has 3 heterocycles. The molecule has 204 valence electrons. The molecule has 7 nitrogen and oxygen atoms in total. The van der Waals surface area contributed by atoms with E-state index in [0.29, 0.717) is 38.4 Å². The van der Waals surface area contributed by atoms with Gasteiger partial charge in [-0.1, -0.05) is 51.1 Å². The van der Waals surface area contributed by atoms with E-state index in [0.717, 1.165) is 37.7 Å². The number of nitrogens with one attached hydrogen (secondary N) is 1. The van der Waals surface area contributed by atoms with Gasteiger partial charge in [-0.05, 0) is 61.3 Å². The van der Waals surface area contributed by atoms with Gasteiger partial charge < -0.3 is 19.9 Å². The number of nitrogens with zero attached hydrogens (tertiary/aromatic N) is 2. The number of carbonyl (C=O) groups is 3. The van der Waals surface area contributed by atoms with Crippen molar-refractivity contribution in [3.05, 3.63) is 35.9 Å². The van der Waals surface area contributed by atoms with Gasteiger partial charge in [0.1, 0.15) is 0 Å². The molecule has 1 aromatic rings. The Bertz CT molecular complexity index is 936. The minimum absolute atomic E-state index is 0.000505. The molecule has 0 spiro atoms. The molecule has 1 N–H and O–H groups in total. The molecule has 4 rings (SSSR count). The molecule has 0 aliphatic carbocycles. The van der Waals surface area contributed by atoms with Crippen molar-refractivity contribution < 1.29 is 19.1 Å². The van der Waals surface area contributed by atoms with Crippen molar-refractivity contribution in [2.24, 2.45) is 23.7 Å². The molecule has 1 aromatic carbocycles. The standard InChI is InChI=1S/C30H45N3O4/c1-20(2)25-14-13-21(3)15-28(35)33-18-22-16-24(26(33)11-8-12-27(34)31-25)19-32(17-22)30(36)29(37-4)23-9-6-5-7-10-23/h5-7,9-10,20-22,24-26,29H,8,11-19H2,1-4H3,(H,31,34)/t21-,22+,24-,25+,26+,29-/m1/s1. The second-order valence-electron chi connectivity index (χ2n) is 11.9. The van der Waals surface area contributed by atoms with E-state index in [1.807, 2.05) is 35.2 Å². The van der Waals surface area contributed by atoms with E-state index in [1.165, 1.54) is 0 Å². The zero-order chi connectivity index (χ0) is 26.5. The zero-order valence-corrected chi connectivity index (χ0v) is 23.0. The maximum absolute atomic E-state index is 13.6. The maximum atomic E-state index is 13.6. The SMILES string of the molecule is CO[C@@H](C(=O)N1C[C@@H]2C[C@H](C1)[C@@H]1CCCC(=O)N[C@H](C(C)C)CC[C@@H](C)CC(=O)N1C2)c1ccccc1. The predicted octanol–water partition coefficient (Wildman–Crippen LogP) is 4.18. The van der Waals surface area contributed by atoms with Crippen molar-refractivity contribution >= 4 is 17.7 Å². The van der Waals surface area contributed by atoms with Crippen LogP contribution in [0.4, 0.5) is 0 Å². The molecule has 0 radical (unpaired) electrons. The highest BCUT2D eigenvalue weighted by molar-refractivity contribution is 5.83. The summed E-state index contributed by atoms with van der Waals surface area (Å²) in [5.74, 6) is 1.50. The number of rotatable bonds is 4. The van der Waals surface area contributed by atoms with Crippen LogP contribution in [0.3, 0.4) is 0 Å². The Morgan fingerprint density at radius 3 is 2.51 bits per heavy atom. The number of fused-ring (bicyclic) bond motifs is 4. The van der Waals surface area contributed by atoms with Crippen LogP contribution in [-0.4, -0.2) is 66.3 Å². The van der Waals surface area contributed by atoms with E-state index in [4.69, 9.17) is 4.74 Å². The summed E-state index contributed by atoms with van der Waals surface area (Å²) in [5.41, 5.74) is 0.865. The lowest BCUT2D eigenvalue weighted by atomic mass is 9.77. The highest BCUT2D eigenvalue weighted by atomic mass is 16.5. The molecule has 3 fully saturated rings. The lowest BCUT2D eigenvalue weighted by molar-refractivity contribution is -0.152. The Labute approximate surface area is 222 Å². The molecular weight excluding hydrogens is 466 g/mol. The second-order valence-corrected chi connectivity index (χ2v) is 11.9. The summed E-state index contributed by atoms with van der Waals surface area (Å²) in [6.45, 7) is 8.45. The molecular formula is C30H45N3O4. The van der Waals surface area contributed by atoms with Gasteiger partial charge in [-0.3, -0.25) is 14.4 Å². The van der Waals surface area contributed by atoms with Crippen molar-refractivity contribution in [3.63, 3.8) is 0 Å². The number of benzene rings is 1. The fourth-order valence-corrected chi connectivity index (χ4v) is 6.66. The number of methoxy groups -OCH3 is 1. The number of amides is 3. The van der Waals surface area contributed by atoms with Crippen LogP contribution in [0.15, 0.2) is 30.3 Å². The van der Waals surface area contributed by atoms with Crippen molar-refractivity contribution in [2.75, 3.05) is 26.7 Å². The Morgan fingerprint density at radius 2 is 1.81 bits per heavy atom. The fraction of sp³-hybridized carbons (Fsp3) is 0.700. The predicted molar refractivity (Wildman–Crippen MR) is 144 cm³/mol. The van der Waals surface area contributed by atoms with Crippen LogP contribution in [0.25, 0.3) is 0 Å². The molecule has 3 amide bonds. The van der Waals surface area contributed by atoms with Crippen LogP contribution < -0.4 is 5.32 Å². The van der Waals surface area contributed by atoms with Crippen LogP contribution in [0, 0.1) is 23.7 Å². The molecule has 3 saturated heterocycles. The summed E-state index contributed by atoms with van der Waals surface area (Å²) in [4.78, 5) is 44.0. The van der Waals surface area contributed by atoms with Crippen LogP contribution in [0.2, 0.25) is 0 Å². The first-order valence-electron chi connectivity index (χ1n) is 14.2. The van der Waals surface area contributed by atoms with Crippen molar-refractivity contribution in [2.45, 2.75) is 83.9 Å². The number of hydrogen-bond acceptors (Lipinski definition) is 4. The Kier molecular flexibility index (Phi) is 9.27. The lowest BCUT2D eigenvalue weighted by Crippen LogP contribution is -2.60. The van der Waals surface area contributed by atoms with Gasteiger partial charge in [0.05, 0.1) is 0 Å². The van der Waals surface area contributed by atoms with Crippen LogP contribution in [-0.2, 0) is 19.1 Å². The second kappa shape index (κ2) is 12.4. The van der Waals surface area contributed by atoms with Gasteiger partial charge in [0.25, 0.3) is 5.91 Å². The summed E-state index contributed by atoms with van der Waals surface area (Å²) < 4.78 is 5.65. The smallest absolute Gasteiger partial charge is 0.256 e. The van der Waals surface area contributed by atoms with E-state index < -0.39 is 6.10 Å². The third kappa shape index (κ3) is 6.73. The first kappa shape index (κ1) is 27.6. The molecule has 2 bridgehead atoms. The fourth-order valence-electron chi connectivity index (χ4n) is 6.66. The number of likely N-dealkylation sites (tertiary alicyclic amines) is 1. The Hall–Kier alpha value is -2.41. The van der Waals surface area contributed by atoms with Gasteiger partial charge in [0.15, 0.2) is 6.10 Å². The third-order valence-corrected chi connectivity index (χ3v) is 8.71. The van der Waals surface area contributed by atoms with Gasteiger partial charge in [0.2, 0.25) is 11.8 Å². The van der Waals surface area contributed by atoms with E-state index in [2.05, 4.69) is 31.0 Å². The van der Waals surface area contributed by atoms with Crippen molar-refractivity contribution in [3.8, 4) is 0 Å². The van der Waals surface area contributed by atoms with Crippen molar-refractivity contribution in [1.82, 2.24) is 15.1 Å². The monoisotopic (exact) mass is 511 g/mol. The minimum Gasteiger partial charge on any atom is -0.367 e.